The predicted octanol–water partition coefficient (Wildman–Crippen LogP) is 7.23. The van der Waals surface area contributed by atoms with E-state index in [9.17, 15) is 4.79 Å². The van der Waals surface area contributed by atoms with E-state index >= 15 is 0 Å². The molecule has 0 bridgehead atoms. The number of aryl methyl sites for hydroxylation is 1. The van der Waals surface area contributed by atoms with E-state index in [2.05, 4.69) is 41.1 Å². The van der Waals surface area contributed by atoms with Crippen LogP contribution in [0.25, 0.3) is 27.7 Å². The van der Waals surface area contributed by atoms with Crippen LogP contribution in [-0.2, 0) is 4.79 Å². The minimum Gasteiger partial charge on any atom is -0.493 e. The molecule has 5 heteroatoms. The quantitative estimate of drug-likeness (QED) is 0.350. The van der Waals surface area contributed by atoms with Gasteiger partial charge in [-0.15, -0.1) is 0 Å². The third-order valence-corrected chi connectivity index (χ3v) is 6.82. The second-order valence-corrected chi connectivity index (χ2v) is 9.60. The van der Waals surface area contributed by atoms with Crippen LogP contribution in [0.15, 0.2) is 51.6 Å². The molecule has 3 aromatic rings. The van der Waals surface area contributed by atoms with Gasteiger partial charge in [-0.05, 0) is 68.9 Å². The van der Waals surface area contributed by atoms with Gasteiger partial charge in [-0.1, -0.05) is 35.0 Å². The van der Waals surface area contributed by atoms with Gasteiger partial charge in [0.05, 0.1) is 12.9 Å². The Balaban J connectivity index is 1.79. The summed E-state index contributed by atoms with van der Waals surface area (Å²) in [7, 11) is 0. The van der Waals surface area contributed by atoms with Gasteiger partial charge in [0.2, 0.25) is 5.91 Å². The van der Waals surface area contributed by atoms with Gasteiger partial charge in [0.25, 0.3) is 0 Å². The molecule has 2 aromatic carbocycles. The highest BCUT2D eigenvalue weighted by molar-refractivity contribution is 9.10. The van der Waals surface area contributed by atoms with E-state index < -0.39 is 0 Å². The number of carbonyl (C=O) groups excluding carboxylic acids is 1. The molecule has 0 N–H and O–H groups in total. The molecule has 4 nitrogen and oxygen atoms in total. The molecule has 1 aromatic heterocycles. The fraction of sp³-hybridized carbons (Fsp3) is 0.370. The standard InChI is InChI=1S/C27H30BrNO3/c1-5-31-26-19(4)27-23(24(16-32-27)20-7-6-8-21(28)14-20)15-22(26)18(3)13-25(30)29-11-9-17(2)10-12-29/h6-8,13-17H,5,9-12H2,1-4H3/b18-13+. The molecule has 1 aliphatic rings. The zero-order chi connectivity index (χ0) is 22.8. The lowest BCUT2D eigenvalue weighted by molar-refractivity contribution is -0.127. The van der Waals surface area contributed by atoms with Crippen molar-refractivity contribution >= 4 is 38.4 Å². The highest BCUT2D eigenvalue weighted by Gasteiger charge is 2.22. The smallest absolute Gasteiger partial charge is 0.246 e. The highest BCUT2D eigenvalue weighted by atomic mass is 79.9. The number of halogens is 1. The number of ether oxygens (including phenoxy) is 1. The van der Waals surface area contributed by atoms with Crippen LogP contribution in [0.5, 0.6) is 5.75 Å². The van der Waals surface area contributed by atoms with Crippen LogP contribution in [0.2, 0.25) is 0 Å². The van der Waals surface area contributed by atoms with Crippen molar-refractivity contribution in [1.82, 2.24) is 4.90 Å². The normalized spacial score (nSPS) is 15.4. The fourth-order valence-corrected chi connectivity index (χ4v) is 4.80. The predicted molar refractivity (Wildman–Crippen MR) is 134 cm³/mol. The van der Waals surface area contributed by atoms with Gasteiger partial charge in [-0.25, -0.2) is 0 Å². The first-order valence-electron chi connectivity index (χ1n) is 11.3. The minimum absolute atomic E-state index is 0.0778. The molecule has 1 saturated heterocycles. The van der Waals surface area contributed by atoms with E-state index in [1.54, 1.807) is 12.3 Å². The van der Waals surface area contributed by atoms with Crippen molar-refractivity contribution in [3.63, 3.8) is 0 Å². The van der Waals surface area contributed by atoms with E-state index in [0.717, 1.165) is 74.9 Å². The van der Waals surface area contributed by atoms with Crippen LogP contribution in [0.4, 0.5) is 0 Å². The Morgan fingerprint density at radius 3 is 2.72 bits per heavy atom. The number of benzene rings is 2. The largest absolute Gasteiger partial charge is 0.493 e. The highest BCUT2D eigenvalue weighted by Crippen LogP contribution is 2.41. The number of amides is 1. The van der Waals surface area contributed by atoms with Crippen molar-refractivity contribution in [3.05, 3.63) is 58.3 Å². The molecule has 0 aliphatic carbocycles. The molecule has 0 saturated carbocycles. The molecule has 1 amide bonds. The second-order valence-electron chi connectivity index (χ2n) is 8.68. The molecule has 0 radical (unpaired) electrons. The number of likely N-dealkylation sites (tertiary alicyclic amines) is 1. The first-order valence-corrected chi connectivity index (χ1v) is 12.1. The molecule has 0 spiro atoms. The first-order chi connectivity index (χ1) is 15.4. The average molecular weight is 496 g/mol. The van der Waals surface area contributed by atoms with Gasteiger partial charge in [0, 0.05) is 45.7 Å². The maximum absolute atomic E-state index is 13.0. The SMILES string of the molecule is CCOc1c(/C(C)=C/C(=O)N2CCC(C)CC2)cc2c(-c3cccc(Br)c3)coc2c1C. The van der Waals surface area contributed by atoms with Gasteiger partial charge in [0.1, 0.15) is 11.3 Å². The van der Waals surface area contributed by atoms with E-state index in [1.807, 2.05) is 37.8 Å². The third-order valence-electron chi connectivity index (χ3n) is 6.33. The Kier molecular flexibility index (Phi) is 6.75. The number of piperidine rings is 1. The number of carbonyl (C=O) groups is 1. The summed E-state index contributed by atoms with van der Waals surface area (Å²) < 4.78 is 13.0. The molecule has 1 aliphatic heterocycles. The molecule has 4 rings (SSSR count). The number of rotatable bonds is 5. The number of fused-ring (bicyclic) bond motifs is 1. The summed E-state index contributed by atoms with van der Waals surface area (Å²) in [5.41, 5.74) is 5.71. The Morgan fingerprint density at radius 2 is 2.03 bits per heavy atom. The van der Waals surface area contributed by atoms with Crippen LogP contribution >= 0.6 is 15.9 Å². The van der Waals surface area contributed by atoms with Gasteiger partial charge in [-0.3, -0.25) is 4.79 Å². The lowest BCUT2D eigenvalue weighted by Crippen LogP contribution is -2.36. The average Bonchev–Trinajstić information content (AvgIpc) is 3.20. The van der Waals surface area contributed by atoms with Crippen LogP contribution in [0, 0.1) is 12.8 Å². The number of hydrogen-bond acceptors (Lipinski definition) is 3. The number of nitrogens with zero attached hydrogens (tertiary/aromatic N) is 1. The summed E-state index contributed by atoms with van der Waals surface area (Å²) in [6, 6.07) is 10.3. The second kappa shape index (κ2) is 9.53. The van der Waals surface area contributed by atoms with Gasteiger partial charge in [-0.2, -0.15) is 0 Å². The van der Waals surface area contributed by atoms with Crippen LogP contribution in [0.1, 0.15) is 44.7 Å². The van der Waals surface area contributed by atoms with E-state index in [-0.39, 0.29) is 5.91 Å². The molecule has 168 valence electrons. The van der Waals surface area contributed by atoms with Crippen LogP contribution in [-0.4, -0.2) is 30.5 Å². The zero-order valence-corrected chi connectivity index (χ0v) is 20.8. The summed E-state index contributed by atoms with van der Waals surface area (Å²) in [4.78, 5) is 14.9. The fourth-order valence-electron chi connectivity index (χ4n) is 4.40. The lowest BCUT2D eigenvalue weighted by atomic mass is 9.96. The van der Waals surface area contributed by atoms with Crippen LogP contribution < -0.4 is 4.74 Å². The third kappa shape index (κ3) is 4.49. The van der Waals surface area contributed by atoms with Crippen molar-refractivity contribution in [2.75, 3.05) is 19.7 Å². The molecule has 32 heavy (non-hydrogen) atoms. The Morgan fingerprint density at radius 1 is 1.28 bits per heavy atom. The minimum atomic E-state index is 0.0778. The van der Waals surface area contributed by atoms with Crippen LogP contribution in [0.3, 0.4) is 0 Å². The summed E-state index contributed by atoms with van der Waals surface area (Å²) >= 11 is 3.56. The summed E-state index contributed by atoms with van der Waals surface area (Å²) in [6.45, 7) is 10.4. The van der Waals surface area contributed by atoms with Crippen molar-refractivity contribution in [2.45, 2.75) is 40.5 Å². The molecular weight excluding hydrogens is 466 g/mol. The maximum Gasteiger partial charge on any atom is 0.246 e. The molecular formula is C27H30BrNO3. The number of furan rings is 1. The van der Waals surface area contributed by atoms with E-state index in [1.165, 1.54) is 0 Å². The van der Waals surface area contributed by atoms with E-state index in [0.29, 0.717) is 12.5 Å². The molecule has 2 heterocycles. The Labute approximate surface area is 198 Å². The van der Waals surface area contributed by atoms with Crippen molar-refractivity contribution in [2.24, 2.45) is 5.92 Å². The Bertz CT molecular complexity index is 1170. The molecule has 0 unspecified atom stereocenters. The molecule has 1 fully saturated rings. The van der Waals surface area contributed by atoms with E-state index in [4.69, 9.17) is 9.15 Å². The Hall–Kier alpha value is -2.53. The summed E-state index contributed by atoms with van der Waals surface area (Å²) in [5.74, 6) is 1.55. The van der Waals surface area contributed by atoms with Crippen molar-refractivity contribution in [1.29, 1.82) is 0 Å². The maximum atomic E-state index is 13.0. The number of allylic oxidation sites excluding steroid dienone is 1. The first kappa shape index (κ1) is 22.7. The van der Waals surface area contributed by atoms with Crippen molar-refractivity contribution in [3.8, 4) is 16.9 Å². The van der Waals surface area contributed by atoms with Gasteiger partial charge in [0.15, 0.2) is 0 Å². The van der Waals surface area contributed by atoms with Gasteiger partial charge >= 0.3 is 0 Å². The number of hydrogen-bond donors (Lipinski definition) is 0. The van der Waals surface area contributed by atoms with Crippen molar-refractivity contribution < 1.29 is 13.9 Å². The monoisotopic (exact) mass is 495 g/mol. The lowest BCUT2D eigenvalue weighted by Gasteiger charge is -2.29. The topological polar surface area (TPSA) is 42.7 Å². The molecule has 0 atom stereocenters. The zero-order valence-electron chi connectivity index (χ0n) is 19.2. The summed E-state index contributed by atoms with van der Waals surface area (Å²) in [6.07, 6.45) is 5.70. The van der Waals surface area contributed by atoms with Gasteiger partial charge < -0.3 is 14.1 Å². The summed E-state index contributed by atoms with van der Waals surface area (Å²) in [5, 5.41) is 1.02.